The van der Waals surface area contributed by atoms with E-state index >= 15 is 0 Å². The lowest BCUT2D eigenvalue weighted by Crippen LogP contribution is -2.54. The minimum absolute atomic E-state index is 0.144. The van der Waals surface area contributed by atoms with Gasteiger partial charge in [-0.25, -0.2) is 4.39 Å². The van der Waals surface area contributed by atoms with E-state index in [-0.39, 0.29) is 17.4 Å². The fraction of sp³-hybridized carbons (Fsp3) is 0.667. The molecule has 1 unspecified atom stereocenters. The van der Waals surface area contributed by atoms with E-state index in [9.17, 15) is 4.39 Å². The first-order valence-corrected chi connectivity index (χ1v) is 8.27. The summed E-state index contributed by atoms with van der Waals surface area (Å²) in [6.07, 6.45) is 5.01. The molecule has 1 aromatic rings. The minimum Gasteiger partial charge on any atom is -0.311 e. The lowest BCUT2D eigenvalue weighted by atomic mass is 9.80. The van der Waals surface area contributed by atoms with E-state index in [0.29, 0.717) is 0 Å². The van der Waals surface area contributed by atoms with Gasteiger partial charge >= 0.3 is 0 Å². The molecule has 0 spiro atoms. The SMILES string of the molecule is CCN(CC)C1(C(NC)c2ccc(F)cc2C)CCCC1. The number of hydrogen-bond acceptors (Lipinski definition) is 2. The van der Waals surface area contributed by atoms with Crippen LogP contribution in [0, 0.1) is 12.7 Å². The summed E-state index contributed by atoms with van der Waals surface area (Å²) >= 11 is 0. The highest BCUT2D eigenvalue weighted by molar-refractivity contribution is 5.33. The zero-order valence-electron chi connectivity index (χ0n) is 13.9. The molecule has 1 aromatic carbocycles. The Balaban J connectivity index is 2.45. The summed E-state index contributed by atoms with van der Waals surface area (Å²) in [5, 5.41) is 3.55. The molecule has 2 rings (SSSR count). The fourth-order valence-electron chi connectivity index (χ4n) is 4.30. The molecule has 2 nitrogen and oxygen atoms in total. The number of hydrogen-bond donors (Lipinski definition) is 1. The van der Waals surface area contributed by atoms with E-state index < -0.39 is 0 Å². The molecule has 0 saturated heterocycles. The minimum atomic E-state index is -0.144. The quantitative estimate of drug-likeness (QED) is 0.851. The van der Waals surface area contributed by atoms with Crippen LogP contribution in [0.15, 0.2) is 18.2 Å². The Morgan fingerprint density at radius 3 is 2.33 bits per heavy atom. The maximum atomic E-state index is 13.4. The monoisotopic (exact) mass is 292 g/mol. The summed E-state index contributed by atoms with van der Waals surface area (Å²) in [4.78, 5) is 2.60. The van der Waals surface area contributed by atoms with Crippen LogP contribution in [0.25, 0.3) is 0 Å². The van der Waals surface area contributed by atoms with Gasteiger partial charge in [-0.05, 0) is 63.2 Å². The highest BCUT2D eigenvalue weighted by Crippen LogP contribution is 2.45. The Morgan fingerprint density at radius 1 is 1.24 bits per heavy atom. The van der Waals surface area contributed by atoms with E-state index in [4.69, 9.17) is 0 Å². The maximum Gasteiger partial charge on any atom is 0.123 e. The topological polar surface area (TPSA) is 15.3 Å². The number of halogens is 1. The largest absolute Gasteiger partial charge is 0.311 e. The molecule has 0 heterocycles. The van der Waals surface area contributed by atoms with Crippen molar-refractivity contribution < 1.29 is 4.39 Å². The first kappa shape index (κ1) is 16.4. The molecule has 0 amide bonds. The molecular formula is C18H29FN2. The number of likely N-dealkylation sites (N-methyl/N-ethyl adjacent to an activating group) is 2. The van der Waals surface area contributed by atoms with Gasteiger partial charge < -0.3 is 5.32 Å². The highest BCUT2D eigenvalue weighted by Gasteiger charge is 2.45. The Kier molecular flexibility index (Phi) is 5.39. The van der Waals surface area contributed by atoms with Crippen LogP contribution in [0.3, 0.4) is 0 Å². The van der Waals surface area contributed by atoms with Crippen LogP contribution in [-0.2, 0) is 0 Å². The van der Waals surface area contributed by atoms with E-state index in [0.717, 1.165) is 18.7 Å². The van der Waals surface area contributed by atoms with Gasteiger partial charge in [0.15, 0.2) is 0 Å². The molecule has 1 aliphatic carbocycles. The Morgan fingerprint density at radius 2 is 1.86 bits per heavy atom. The van der Waals surface area contributed by atoms with Crippen LogP contribution in [0.5, 0.6) is 0 Å². The third-order valence-corrected chi connectivity index (χ3v) is 5.23. The predicted molar refractivity (Wildman–Crippen MR) is 87.1 cm³/mol. The summed E-state index contributed by atoms with van der Waals surface area (Å²) in [6.45, 7) is 8.64. The highest BCUT2D eigenvalue weighted by atomic mass is 19.1. The zero-order valence-corrected chi connectivity index (χ0v) is 13.9. The van der Waals surface area contributed by atoms with Gasteiger partial charge in [0, 0.05) is 5.54 Å². The third-order valence-electron chi connectivity index (χ3n) is 5.23. The molecule has 0 aromatic heterocycles. The predicted octanol–water partition coefficient (Wildman–Crippen LogP) is 4.05. The lowest BCUT2D eigenvalue weighted by Gasteiger charge is -2.47. The van der Waals surface area contributed by atoms with E-state index in [2.05, 4.69) is 24.1 Å². The average Bonchev–Trinajstić information content (AvgIpc) is 2.94. The van der Waals surface area contributed by atoms with E-state index in [1.54, 1.807) is 12.1 Å². The molecule has 3 heteroatoms. The lowest BCUT2D eigenvalue weighted by molar-refractivity contribution is 0.0653. The second-order valence-corrected chi connectivity index (χ2v) is 6.21. The van der Waals surface area contributed by atoms with Crippen molar-refractivity contribution in [2.75, 3.05) is 20.1 Å². The van der Waals surface area contributed by atoms with Gasteiger partial charge in [-0.15, -0.1) is 0 Å². The van der Waals surface area contributed by atoms with Gasteiger partial charge in [0.2, 0.25) is 0 Å². The van der Waals surface area contributed by atoms with Crippen molar-refractivity contribution in [3.63, 3.8) is 0 Å². The van der Waals surface area contributed by atoms with Crippen LogP contribution in [-0.4, -0.2) is 30.6 Å². The third kappa shape index (κ3) is 3.00. The molecule has 1 N–H and O–H groups in total. The van der Waals surface area contributed by atoms with Crippen molar-refractivity contribution >= 4 is 0 Å². The molecule has 1 atom stereocenters. The first-order valence-electron chi connectivity index (χ1n) is 8.27. The summed E-state index contributed by atoms with van der Waals surface area (Å²) in [5.74, 6) is -0.144. The fourth-order valence-corrected chi connectivity index (χ4v) is 4.30. The van der Waals surface area contributed by atoms with Crippen molar-refractivity contribution in [2.24, 2.45) is 0 Å². The van der Waals surface area contributed by atoms with Crippen LogP contribution in [0.1, 0.15) is 56.7 Å². The molecule has 0 bridgehead atoms. The number of benzene rings is 1. The van der Waals surface area contributed by atoms with Crippen LogP contribution >= 0.6 is 0 Å². The van der Waals surface area contributed by atoms with E-state index in [1.807, 2.05) is 20.0 Å². The maximum absolute atomic E-state index is 13.4. The Labute approximate surface area is 128 Å². The molecular weight excluding hydrogens is 263 g/mol. The molecule has 21 heavy (non-hydrogen) atoms. The normalized spacial score (nSPS) is 19.1. The van der Waals surface area contributed by atoms with Crippen molar-refractivity contribution in [2.45, 2.75) is 58.0 Å². The van der Waals surface area contributed by atoms with Gasteiger partial charge in [-0.1, -0.05) is 32.8 Å². The zero-order chi connectivity index (χ0) is 15.5. The standard InChI is InChI=1S/C18H29FN2/c1-5-21(6-2)18(11-7-8-12-18)17(20-4)16-10-9-15(19)13-14(16)3/h9-10,13,17,20H,5-8,11-12H2,1-4H3. The smallest absolute Gasteiger partial charge is 0.123 e. The van der Waals surface area contributed by atoms with Crippen molar-refractivity contribution in [1.29, 1.82) is 0 Å². The van der Waals surface area contributed by atoms with Crippen molar-refractivity contribution in [3.05, 3.63) is 35.1 Å². The number of rotatable bonds is 6. The van der Waals surface area contributed by atoms with Gasteiger partial charge in [-0.2, -0.15) is 0 Å². The van der Waals surface area contributed by atoms with Crippen molar-refractivity contribution in [1.82, 2.24) is 10.2 Å². The summed E-state index contributed by atoms with van der Waals surface area (Å²) in [6, 6.07) is 5.48. The molecule has 0 radical (unpaired) electrons. The van der Waals surface area contributed by atoms with Gasteiger partial charge in [0.25, 0.3) is 0 Å². The van der Waals surface area contributed by atoms with Crippen LogP contribution < -0.4 is 5.32 Å². The summed E-state index contributed by atoms with van der Waals surface area (Å²) < 4.78 is 13.4. The molecule has 0 aliphatic heterocycles. The molecule has 1 saturated carbocycles. The second kappa shape index (κ2) is 6.89. The van der Waals surface area contributed by atoms with Crippen LogP contribution in [0.2, 0.25) is 0 Å². The van der Waals surface area contributed by atoms with Gasteiger partial charge in [0.05, 0.1) is 6.04 Å². The Hall–Kier alpha value is -0.930. The Bertz CT molecular complexity index is 462. The first-order chi connectivity index (χ1) is 10.1. The number of nitrogens with one attached hydrogen (secondary N) is 1. The van der Waals surface area contributed by atoms with Crippen LogP contribution in [0.4, 0.5) is 4.39 Å². The average molecular weight is 292 g/mol. The molecule has 1 aliphatic rings. The second-order valence-electron chi connectivity index (χ2n) is 6.21. The van der Waals surface area contributed by atoms with Gasteiger partial charge in [-0.3, -0.25) is 4.90 Å². The molecule has 118 valence electrons. The summed E-state index contributed by atoms with van der Waals surface area (Å²) in [5.41, 5.74) is 2.46. The number of aryl methyl sites for hydroxylation is 1. The molecule has 1 fully saturated rings. The van der Waals surface area contributed by atoms with E-state index in [1.165, 1.54) is 31.2 Å². The number of nitrogens with zero attached hydrogens (tertiary/aromatic N) is 1. The summed E-state index contributed by atoms with van der Waals surface area (Å²) in [7, 11) is 2.04. The van der Waals surface area contributed by atoms with Gasteiger partial charge in [0.1, 0.15) is 5.82 Å². The van der Waals surface area contributed by atoms with Crippen molar-refractivity contribution in [3.8, 4) is 0 Å².